The Kier molecular flexibility index (Phi) is 7.16. The Morgan fingerprint density at radius 1 is 1.52 bits per heavy atom. The van der Waals surface area contributed by atoms with Gasteiger partial charge in [-0.05, 0) is 17.7 Å². The van der Waals surface area contributed by atoms with Crippen LogP contribution < -0.4 is 5.32 Å². The van der Waals surface area contributed by atoms with Crippen molar-refractivity contribution < 1.29 is 18.7 Å². The predicted octanol–water partition coefficient (Wildman–Crippen LogP) is 1.27. The summed E-state index contributed by atoms with van der Waals surface area (Å²) in [5.41, 5.74) is 0.710. The Hall–Kier alpha value is -1.70. The molecule has 1 aliphatic heterocycles. The Morgan fingerprint density at radius 2 is 2.28 bits per heavy atom. The maximum Gasteiger partial charge on any atom is 0.237 e. The first kappa shape index (κ1) is 19.6. The van der Waals surface area contributed by atoms with E-state index in [1.54, 1.807) is 25.1 Å². The van der Waals surface area contributed by atoms with Crippen molar-refractivity contribution in [2.45, 2.75) is 19.0 Å². The fraction of sp³-hybridized carbons (Fsp3) is 0.529. The van der Waals surface area contributed by atoms with Gasteiger partial charge >= 0.3 is 0 Å². The summed E-state index contributed by atoms with van der Waals surface area (Å²) in [6, 6.07) is 4.00. The number of nitrogens with zero attached hydrogens (tertiary/aromatic N) is 2. The molecular formula is C17H23ClFN3O3. The summed E-state index contributed by atoms with van der Waals surface area (Å²) in [4.78, 5) is 28.0. The largest absolute Gasteiger partial charge is 0.383 e. The second-order valence-corrected chi connectivity index (χ2v) is 6.45. The van der Waals surface area contributed by atoms with Gasteiger partial charge in [0.25, 0.3) is 0 Å². The van der Waals surface area contributed by atoms with Crippen molar-refractivity contribution in [2.24, 2.45) is 0 Å². The van der Waals surface area contributed by atoms with Crippen LogP contribution in [0, 0.1) is 5.82 Å². The van der Waals surface area contributed by atoms with Crippen LogP contribution >= 0.6 is 11.6 Å². The van der Waals surface area contributed by atoms with Gasteiger partial charge in [-0.3, -0.25) is 14.5 Å². The van der Waals surface area contributed by atoms with E-state index in [4.69, 9.17) is 16.3 Å². The van der Waals surface area contributed by atoms with E-state index in [1.807, 2.05) is 4.90 Å². The SMILES string of the molecule is COCCN(C)C(=O)C[C@H]1C(=O)NCCN1Cc1ccc(Cl)c(F)c1. The Labute approximate surface area is 151 Å². The predicted molar refractivity (Wildman–Crippen MR) is 92.7 cm³/mol. The molecule has 2 amide bonds. The lowest BCUT2D eigenvalue weighted by molar-refractivity contribution is -0.138. The summed E-state index contributed by atoms with van der Waals surface area (Å²) in [6.07, 6.45) is 0.0715. The molecule has 25 heavy (non-hydrogen) atoms. The molecule has 1 aromatic carbocycles. The maximum absolute atomic E-state index is 13.6. The highest BCUT2D eigenvalue weighted by Gasteiger charge is 2.32. The Balaban J connectivity index is 2.05. The van der Waals surface area contributed by atoms with Crippen LogP contribution in [0.5, 0.6) is 0 Å². The zero-order chi connectivity index (χ0) is 18.4. The van der Waals surface area contributed by atoms with Crippen LogP contribution in [0.3, 0.4) is 0 Å². The molecule has 1 atom stereocenters. The molecule has 1 fully saturated rings. The van der Waals surface area contributed by atoms with Gasteiger partial charge in [0.15, 0.2) is 0 Å². The first-order valence-electron chi connectivity index (χ1n) is 8.11. The minimum absolute atomic E-state index is 0.0617. The fourth-order valence-electron chi connectivity index (χ4n) is 2.72. The van der Waals surface area contributed by atoms with Gasteiger partial charge in [0.05, 0.1) is 24.1 Å². The smallest absolute Gasteiger partial charge is 0.237 e. The summed E-state index contributed by atoms with van der Waals surface area (Å²) in [5, 5.41) is 2.85. The van der Waals surface area contributed by atoms with Crippen LogP contribution in [0.4, 0.5) is 4.39 Å². The highest BCUT2D eigenvalue weighted by Crippen LogP contribution is 2.19. The minimum atomic E-state index is -0.579. The average molecular weight is 372 g/mol. The van der Waals surface area contributed by atoms with Crippen molar-refractivity contribution in [2.75, 3.05) is 40.4 Å². The molecule has 0 aromatic heterocycles. The number of carbonyl (C=O) groups excluding carboxylic acids is 2. The molecule has 0 aliphatic carbocycles. The minimum Gasteiger partial charge on any atom is -0.383 e. The van der Waals surface area contributed by atoms with Crippen molar-refractivity contribution in [3.8, 4) is 0 Å². The normalized spacial score (nSPS) is 18.1. The molecule has 1 heterocycles. The van der Waals surface area contributed by atoms with E-state index in [0.717, 1.165) is 0 Å². The zero-order valence-electron chi connectivity index (χ0n) is 14.4. The highest BCUT2D eigenvalue weighted by molar-refractivity contribution is 6.30. The van der Waals surface area contributed by atoms with Crippen LogP contribution in [-0.4, -0.2) is 68.1 Å². The lowest BCUT2D eigenvalue weighted by Gasteiger charge is -2.35. The van der Waals surface area contributed by atoms with Crippen molar-refractivity contribution in [3.05, 3.63) is 34.6 Å². The number of benzene rings is 1. The van der Waals surface area contributed by atoms with Crippen molar-refractivity contribution in [1.82, 2.24) is 15.1 Å². The molecule has 2 rings (SSSR count). The Morgan fingerprint density at radius 3 is 2.96 bits per heavy atom. The zero-order valence-corrected chi connectivity index (χ0v) is 15.2. The fourth-order valence-corrected chi connectivity index (χ4v) is 2.84. The quantitative estimate of drug-likeness (QED) is 0.784. The van der Waals surface area contributed by atoms with Crippen LogP contribution in [0.25, 0.3) is 0 Å². The van der Waals surface area contributed by atoms with Gasteiger partial charge < -0.3 is 15.0 Å². The first-order chi connectivity index (χ1) is 11.9. The number of hydrogen-bond acceptors (Lipinski definition) is 4. The van der Waals surface area contributed by atoms with Gasteiger partial charge in [0.1, 0.15) is 5.82 Å². The van der Waals surface area contributed by atoms with E-state index in [-0.39, 0.29) is 23.3 Å². The number of likely N-dealkylation sites (N-methyl/N-ethyl adjacent to an activating group) is 1. The molecular weight excluding hydrogens is 349 g/mol. The van der Waals surface area contributed by atoms with E-state index in [1.165, 1.54) is 12.1 Å². The van der Waals surface area contributed by atoms with E-state index in [9.17, 15) is 14.0 Å². The molecule has 0 radical (unpaired) electrons. The highest BCUT2D eigenvalue weighted by atomic mass is 35.5. The van der Waals surface area contributed by atoms with Crippen LogP contribution in [0.15, 0.2) is 18.2 Å². The third-order valence-corrected chi connectivity index (χ3v) is 4.54. The molecule has 0 saturated carbocycles. The number of methoxy groups -OCH3 is 1. The second kappa shape index (κ2) is 9.12. The molecule has 0 spiro atoms. The van der Waals surface area contributed by atoms with Gasteiger partial charge in [-0.2, -0.15) is 0 Å². The third-order valence-electron chi connectivity index (χ3n) is 4.24. The average Bonchev–Trinajstić information content (AvgIpc) is 2.58. The van der Waals surface area contributed by atoms with Crippen LogP contribution in [0.2, 0.25) is 5.02 Å². The third kappa shape index (κ3) is 5.39. The van der Waals surface area contributed by atoms with Gasteiger partial charge in [-0.1, -0.05) is 17.7 Å². The molecule has 1 aliphatic rings. The number of halogens is 2. The van der Waals surface area contributed by atoms with E-state index in [0.29, 0.717) is 38.3 Å². The summed E-state index contributed by atoms with van der Waals surface area (Å²) in [6.45, 7) is 2.37. The van der Waals surface area contributed by atoms with Crippen molar-refractivity contribution in [3.63, 3.8) is 0 Å². The second-order valence-electron chi connectivity index (χ2n) is 6.04. The van der Waals surface area contributed by atoms with Crippen LogP contribution in [-0.2, 0) is 20.9 Å². The molecule has 1 N–H and O–H groups in total. The number of nitrogens with one attached hydrogen (secondary N) is 1. The number of ether oxygens (including phenoxy) is 1. The summed E-state index contributed by atoms with van der Waals surface area (Å²) >= 11 is 5.71. The first-order valence-corrected chi connectivity index (χ1v) is 8.48. The number of piperazine rings is 1. The molecule has 1 saturated heterocycles. The molecule has 138 valence electrons. The summed E-state index contributed by atoms with van der Waals surface area (Å²) in [7, 11) is 3.25. The standard InChI is InChI=1S/C17H23ClFN3O3/c1-21(7-8-25-2)16(23)10-15-17(24)20-5-6-22(15)11-12-3-4-13(18)14(19)9-12/h3-4,9,15H,5-8,10-11H2,1-2H3,(H,20,24)/t15-/m0/s1. The van der Waals surface area contributed by atoms with Gasteiger partial charge in [0, 0.05) is 40.3 Å². The monoisotopic (exact) mass is 371 g/mol. The van der Waals surface area contributed by atoms with Crippen molar-refractivity contribution >= 4 is 23.4 Å². The molecule has 0 unspecified atom stereocenters. The van der Waals surface area contributed by atoms with E-state index < -0.39 is 11.9 Å². The maximum atomic E-state index is 13.6. The van der Waals surface area contributed by atoms with Crippen LogP contribution in [0.1, 0.15) is 12.0 Å². The number of rotatable bonds is 7. The lowest BCUT2D eigenvalue weighted by atomic mass is 10.1. The van der Waals surface area contributed by atoms with E-state index >= 15 is 0 Å². The topological polar surface area (TPSA) is 61.9 Å². The number of carbonyl (C=O) groups is 2. The van der Waals surface area contributed by atoms with Gasteiger partial charge in [-0.25, -0.2) is 4.39 Å². The molecule has 8 heteroatoms. The van der Waals surface area contributed by atoms with Crippen molar-refractivity contribution in [1.29, 1.82) is 0 Å². The van der Waals surface area contributed by atoms with Gasteiger partial charge in [0.2, 0.25) is 11.8 Å². The molecule has 0 bridgehead atoms. The van der Waals surface area contributed by atoms with E-state index in [2.05, 4.69) is 5.32 Å². The number of hydrogen-bond donors (Lipinski definition) is 1. The number of amides is 2. The summed E-state index contributed by atoms with van der Waals surface area (Å²) in [5.74, 6) is -0.812. The lowest BCUT2D eigenvalue weighted by Crippen LogP contribution is -2.56. The summed E-state index contributed by atoms with van der Waals surface area (Å²) < 4.78 is 18.6. The van der Waals surface area contributed by atoms with Gasteiger partial charge in [-0.15, -0.1) is 0 Å². The Bertz CT molecular complexity index is 629. The molecule has 6 nitrogen and oxygen atoms in total. The molecule has 1 aromatic rings.